The van der Waals surface area contributed by atoms with Gasteiger partial charge in [0.05, 0.1) is 28.4 Å². The number of hydrogen-bond acceptors (Lipinski definition) is 5. The highest BCUT2D eigenvalue weighted by Gasteiger charge is 2.15. The van der Waals surface area contributed by atoms with Crippen molar-refractivity contribution in [2.75, 3.05) is 48.6 Å². The fraction of sp³-hybridized carbons (Fsp3) is 0.409. The summed E-state index contributed by atoms with van der Waals surface area (Å²) >= 11 is 0. The Labute approximate surface area is 196 Å². The molecule has 0 aromatic heterocycles. The average molecular weight is 529 g/mol. The van der Waals surface area contributed by atoms with Gasteiger partial charge in [-0.05, 0) is 30.5 Å². The summed E-state index contributed by atoms with van der Waals surface area (Å²) in [4.78, 5) is 4.28. The molecule has 0 bridgehead atoms. The Bertz CT molecular complexity index is 815. The van der Waals surface area contributed by atoms with Gasteiger partial charge < -0.3 is 29.6 Å². The molecule has 0 unspecified atom stereocenters. The number of halogens is 1. The maximum absolute atomic E-state index is 5.54. The van der Waals surface area contributed by atoms with Gasteiger partial charge in [0, 0.05) is 25.7 Å². The predicted molar refractivity (Wildman–Crippen MR) is 131 cm³/mol. The predicted octanol–water partition coefficient (Wildman–Crippen LogP) is 3.29. The molecule has 7 nitrogen and oxygen atoms in total. The van der Waals surface area contributed by atoms with E-state index in [9.17, 15) is 0 Å². The van der Waals surface area contributed by atoms with E-state index in [0.717, 1.165) is 42.2 Å². The summed E-state index contributed by atoms with van der Waals surface area (Å²) in [6.45, 7) is 1.44. The van der Waals surface area contributed by atoms with Crippen LogP contribution in [0.1, 0.15) is 11.1 Å². The van der Waals surface area contributed by atoms with Crippen molar-refractivity contribution in [2.24, 2.45) is 4.99 Å². The van der Waals surface area contributed by atoms with Crippen molar-refractivity contribution in [1.82, 2.24) is 10.6 Å². The maximum atomic E-state index is 5.54. The fourth-order valence-electron chi connectivity index (χ4n) is 3.12. The zero-order chi connectivity index (χ0) is 21.1. The van der Waals surface area contributed by atoms with E-state index in [-0.39, 0.29) is 24.0 Å². The largest absolute Gasteiger partial charge is 0.496 e. The van der Waals surface area contributed by atoms with Gasteiger partial charge in [-0.2, -0.15) is 0 Å². The number of nitrogens with zero attached hydrogens (tertiary/aromatic N) is 1. The van der Waals surface area contributed by atoms with Crippen molar-refractivity contribution >= 4 is 29.9 Å². The molecule has 2 N–H and O–H groups in total. The smallest absolute Gasteiger partial charge is 0.203 e. The summed E-state index contributed by atoms with van der Waals surface area (Å²) in [6.07, 6.45) is 1.59. The van der Waals surface area contributed by atoms with Crippen molar-refractivity contribution in [2.45, 2.75) is 12.8 Å². The number of rotatable bonds is 10. The molecule has 2 rings (SSSR count). The summed E-state index contributed by atoms with van der Waals surface area (Å²) in [7, 11) is 8.30. The minimum absolute atomic E-state index is 0. The SMILES string of the molecule is CN=C(NCCc1ccccc1OC)NCCc1ccc(OC)c(OC)c1OC.I. The van der Waals surface area contributed by atoms with Crippen LogP contribution in [-0.4, -0.2) is 54.5 Å². The van der Waals surface area contributed by atoms with Crippen LogP contribution < -0.4 is 29.6 Å². The molecular formula is C22H32IN3O4. The van der Waals surface area contributed by atoms with Crippen molar-refractivity contribution in [3.05, 3.63) is 47.5 Å². The lowest BCUT2D eigenvalue weighted by Gasteiger charge is -2.17. The lowest BCUT2D eigenvalue weighted by Crippen LogP contribution is -2.39. The molecule has 0 aliphatic heterocycles. The van der Waals surface area contributed by atoms with Crippen LogP contribution >= 0.6 is 24.0 Å². The summed E-state index contributed by atoms with van der Waals surface area (Å²) < 4.78 is 21.7. The number of ether oxygens (including phenoxy) is 4. The van der Waals surface area contributed by atoms with Gasteiger partial charge in [0.2, 0.25) is 5.75 Å². The molecule has 0 spiro atoms. The van der Waals surface area contributed by atoms with Crippen LogP contribution in [-0.2, 0) is 12.8 Å². The third-order valence-electron chi connectivity index (χ3n) is 4.58. The van der Waals surface area contributed by atoms with Crippen LogP contribution in [0.4, 0.5) is 0 Å². The van der Waals surface area contributed by atoms with Crippen LogP contribution in [0.5, 0.6) is 23.0 Å². The Kier molecular flexibility index (Phi) is 11.8. The van der Waals surface area contributed by atoms with Crippen LogP contribution in [0.15, 0.2) is 41.4 Å². The number of benzene rings is 2. The normalized spacial score (nSPS) is 10.6. The Morgan fingerprint density at radius 1 is 0.733 bits per heavy atom. The van der Waals surface area contributed by atoms with Gasteiger partial charge in [-0.25, -0.2) is 0 Å². The molecule has 8 heteroatoms. The van der Waals surface area contributed by atoms with Gasteiger partial charge in [-0.15, -0.1) is 24.0 Å². The number of guanidine groups is 1. The van der Waals surface area contributed by atoms with E-state index in [1.807, 2.05) is 30.3 Å². The number of aliphatic imine (C=N–C) groups is 1. The number of methoxy groups -OCH3 is 4. The molecule has 2 aromatic rings. The summed E-state index contributed by atoms with van der Waals surface area (Å²) in [5, 5.41) is 6.66. The Morgan fingerprint density at radius 2 is 1.33 bits per heavy atom. The topological polar surface area (TPSA) is 73.3 Å². The molecule has 0 saturated carbocycles. The zero-order valence-corrected chi connectivity index (χ0v) is 20.6. The zero-order valence-electron chi connectivity index (χ0n) is 18.3. The third-order valence-corrected chi connectivity index (χ3v) is 4.58. The minimum atomic E-state index is 0. The number of nitrogens with one attached hydrogen (secondary N) is 2. The van der Waals surface area contributed by atoms with E-state index in [4.69, 9.17) is 18.9 Å². The van der Waals surface area contributed by atoms with Crippen molar-refractivity contribution < 1.29 is 18.9 Å². The van der Waals surface area contributed by atoms with Crippen LogP contribution in [0.25, 0.3) is 0 Å². The maximum Gasteiger partial charge on any atom is 0.203 e. The van der Waals surface area contributed by atoms with Crippen LogP contribution in [0.2, 0.25) is 0 Å². The summed E-state index contributed by atoms with van der Waals surface area (Å²) in [5.74, 6) is 3.59. The first-order valence-corrected chi connectivity index (χ1v) is 9.52. The molecule has 166 valence electrons. The molecule has 0 fully saturated rings. The monoisotopic (exact) mass is 529 g/mol. The molecule has 0 aliphatic rings. The van der Waals surface area contributed by atoms with Gasteiger partial charge in [0.1, 0.15) is 5.75 Å². The van der Waals surface area contributed by atoms with Gasteiger partial charge in [-0.3, -0.25) is 4.99 Å². The van der Waals surface area contributed by atoms with E-state index >= 15 is 0 Å². The highest BCUT2D eigenvalue weighted by atomic mass is 127. The van der Waals surface area contributed by atoms with E-state index in [1.54, 1.807) is 35.5 Å². The second kappa shape index (κ2) is 13.8. The quantitative estimate of drug-likeness (QED) is 0.280. The minimum Gasteiger partial charge on any atom is -0.496 e. The summed E-state index contributed by atoms with van der Waals surface area (Å²) in [5.41, 5.74) is 2.19. The van der Waals surface area contributed by atoms with Gasteiger partial charge in [0.15, 0.2) is 17.5 Å². The standard InChI is InChI=1S/C22H31N3O4.HI/c1-23-22(24-14-12-16-8-6-7-9-18(16)26-2)25-15-13-17-10-11-19(27-3)21(29-5)20(17)28-4;/h6-11H,12-15H2,1-5H3,(H2,23,24,25);1H. The Balaban J connectivity index is 0.00000450. The van der Waals surface area contributed by atoms with E-state index < -0.39 is 0 Å². The first-order valence-electron chi connectivity index (χ1n) is 9.52. The van der Waals surface area contributed by atoms with E-state index in [2.05, 4.69) is 21.7 Å². The second-order valence-corrected chi connectivity index (χ2v) is 6.23. The van der Waals surface area contributed by atoms with Crippen LogP contribution in [0.3, 0.4) is 0 Å². The molecule has 0 atom stereocenters. The number of hydrogen-bond donors (Lipinski definition) is 2. The molecular weight excluding hydrogens is 497 g/mol. The molecule has 30 heavy (non-hydrogen) atoms. The first-order chi connectivity index (χ1) is 14.2. The van der Waals surface area contributed by atoms with Gasteiger partial charge >= 0.3 is 0 Å². The lowest BCUT2D eigenvalue weighted by molar-refractivity contribution is 0.322. The molecule has 0 radical (unpaired) electrons. The summed E-state index contributed by atoms with van der Waals surface area (Å²) in [6, 6.07) is 11.9. The van der Waals surface area contributed by atoms with Crippen LogP contribution in [0, 0.1) is 0 Å². The molecule has 2 aromatic carbocycles. The number of para-hydroxylation sites is 1. The second-order valence-electron chi connectivity index (χ2n) is 6.23. The first kappa shape index (κ1) is 25.7. The highest BCUT2D eigenvalue weighted by Crippen LogP contribution is 2.39. The molecule has 0 amide bonds. The van der Waals surface area contributed by atoms with Crippen molar-refractivity contribution in [1.29, 1.82) is 0 Å². The van der Waals surface area contributed by atoms with Crippen molar-refractivity contribution in [3.63, 3.8) is 0 Å². The molecule has 0 saturated heterocycles. The molecule has 0 heterocycles. The average Bonchev–Trinajstić information content (AvgIpc) is 2.77. The van der Waals surface area contributed by atoms with Crippen molar-refractivity contribution in [3.8, 4) is 23.0 Å². The highest BCUT2D eigenvalue weighted by molar-refractivity contribution is 14.0. The third kappa shape index (κ3) is 6.86. The Morgan fingerprint density at radius 3 is 1.90 bits per heavy atom. The van der Waals surface area contributed by atoms with Gasteiger partial charge in [-0.1, -0.05) is 24.3 Å². The Hall–Kier alpha value is -2.36. The molecule has 0 aliphatic carbocycles. The van der Waals surface area contributed by atoms with Gasteiger partial charge in [0.25, 0.3) is 0 Å². The lowest BCUT2D eigenvalue weighted by atomic mass is 10.1. The van der Waals surface area contributed by atoms with E-state index in [1.165, 1.54) is 0 Å². The van der Waals surface area contributed by atoms with E-state index in [0.29, 0.717) is 23.8 Å². The fourth-order valence-corrected chi connectivity index (χ4v) is 3.12.